The van der Waals surface area contributed by atoms with Crippen LogP contribution in [0, 0.1) is 6.92 Å². The molecule has 0 aliphatic heterocycles. The van der Waals surface area contributed by atoms with Gasteiger partial charge in [0.25, 0.3) is 10.0 Å². The Labute approximate surface area is 246 Å². The Bertz CT molecular complexity index is 1440. The van der Waals surface area contributed by atoms with Crippen LogP contribution < -0.4 is 9.62 Å². The molecule has 1 unspecified atom stereocenters. The summed E-state index contributed by atoms with van der Waals surface area (Å²) in [6, 6.07) is 19.3. The lowest BCUT2D eigenvalue weighted by Crippen LogP contribution is -2.52. The number of nitrogens with zero attached hydrogens (tertiary/aromatic N) is 2. The van der Waals surface area contributed by atoms with Gasteiger partial charge in [-0.2, -0.15) is 0 Å². The number of amides is 2. The summed E-state index contributed by atoms with van der Waals surface area (Å²) in [7, 11) is -4.23. The van der Waals surface area contributed by atoms with Gasteiger partial charge in [-0.05, 0) is 62.6 Å². The molecule has 4 rings (SSSR count). The summed E-state index contributed by atoms with van der Waals surface area (Å²) < 4.78 is 28.8. The van der Waals surface area contributed by atoms with Crippen molar-refractivity contribution >= 4 is 50.7 Å². The lowest BCUT2D eigenvalue weighted by Gasteiger charge is -2.32. The topological polar surface area (TPSA) is 86.8 Å². The predicted octanol–water partition coefficient (Wildman–Crippen LogP) is 5.97. The molecule has 1 atom stereocenters. The summed E-state index contributed by atoms with van der Waals surface area (Å²) in [5.41, 5.74) is 1.77. The molecule has 212 valence electrons. The Hall–Kier alpha value is -3.07. The standard InChI is InChI=1S/C30H33Cl2N3O4S/c1-21-12-15-26(16-13-21)40(38,39)35(28-18-24(31)14-17-27(28)32)20-29(36)34(19-23-8-4-3-5-9-23)22(2)30(37)33-25-10-6-7-11-25/h3-5,8-9,12-18,22,25H,6-7,10-11,19-20H2,1-2H3,(H,33,37). The first kappa shape index (κ1) is 29.9. The van der Waals surface area contributed by atoms with Crippen LogP contribution in [0.3, 0.4) is 0 Å². The molecule has 10 heteroatoms. The van der Waals surface area contributed by atoms with Crippen molar-refractivity contribution in [1.82, 2.24) is 10.2 Å². The number of sulfonamides is 1. The van der Waals surface area contributed by atoms with Gasteiger partial charge in [0.2, 0.25) is 11.8 Å². The van der Waals surface area contributed by atoms with E-state index in [1.54, 1.807) is 25.1 Å². The van der Waals surface area contributed by atoms with E-state index in [-0.39, 0.29) is 39.1 Å². The Balaban J connectivity index is 1.70. The van der Waals surface area contributed by atoms with Gasteiger partial charge in [-0.3, -0.25) is 13.9 Å². The lowest BCUT2D eigenvalue weighted by molar-refractivity contribution is -0.139. The molecule has 1 N–H and O–H groups in total. The SMILES string of the molecule is Cc1ccc(S(=O)(=O)N(CC(=O)N(Cc2ccccc2)C(C)C(=O)NC2CCCC2)c2cc(Cl)ccc2Cl)cc1. The number of nitrogens with one attached hydrogen (secondary N) is 1. The van der Waals surface area contributed by atoms with E-state index in [0.717, 1.165) is 41.1 Å². The minimum atomic E-state index is -4.23. The Morgan fingerprint density at radius 3 is 2.27 bits per heavy atom. The van der Waals surface area contributed by atoms with E-state index in [0.29, 0.717) is 0 Å². The predicted molar refractivity (Wildman–Crippen MR) is 159 cm³/mol. The van der Waals surface area contributed by atoms with E-state index in [2.05, 4.69) is 5.32 Å². The summed E-state index contributed by atoms with van der Waals surface area (Å²) in [6.45, 7) is 3.06. The molecule has 0 aromatic heterocycles. The zero-order valence-electron chi connectivity index (χ0n) is 22.5. The van der Waals surface area contributed by atoms with Crippen LogP contribution in [0.4, 0.5) is 5.69 Å². The van der Waals surface area contributed by atoms with Gasteiger partial charge in [0.15, 0.2) is 0 Å². The molecule has 1 saturated carbocycles. The molecular weight excluding hydrogens is 569 g/mol. The highest BCUT2D eigenvalue weighted by Crippen LogP contribution is 2.33. The maximum atomic E-state index is 14.0. The normalized spacial score (nSPS) is 14.5. The number of anilines is 1. The number of benzene rings is 3. The van der Waals surface area contributed by atoms with Gasteiger partial charge in [-0.25, -0.2) is 8.42 Å². The average Bonchev–Trinajstić information content (AvgIpc) is 3.45. The average molecular weight is 603 g/mol. The van der Waals surface area contributed by atoms with Crippen molar-refractivity contribution in [1.29, 1.82) is 0 Å². The molecule has 1 aliphatic carbocycles. The van der Waals surface area contributed by atoms with Crippen LogP contribution in [-0.2, 0) is 26.2 Å². The third-order valence-corrected chi connectivity index (χ3v) is 9.46. The molecule has 0 heterocycles. The van der Waals surface area contributed by atoms with Crippen molar-refractivity contribution in [2.24, 2.45) is 0 Å². The second-order valence-electron chi connectivity index (χ2n) is 10.1. The van der Waals surface area contributed by atoms with Crippen molar-refractivity contribution < 1.29 is 18.0 Å². The fourth-order valence-corrected chi connectivity index (χ4v) is 6.64. The molecule has 1 aliphatic rings. The fourth-order valence-electron chi connectivity index (χ4n) is 4.78. The first-order valence-electron chi connectivity index (χ1n) is 13.2. The molecular formula is C30H33Cl2N3O4S. The number of halogens is 2. The van der Waals surface area contributed by atoms with Crippen LogP contribution in [0.1, 0.15) is 43.7 Å². The van der Waals surface area contributed by atoms with Crippen LogP contribution in [0.5, 0.6) is 0 Å². The van der Waals surface area contributed by atoms with Crippen molar-refractivity contribution in [2.45, 2.75) is 63.1 Å². The molecule has 0 bridgehead atoms. The molecule has 40 heavy (non-hydrogen) atoms. The smallest absolute Gasteiger partial charge is 0.264 e. The molecule has 2 amide bonds. The fraction of sp³-hybridized carbons (Fsp3) is 0.333. The lowest BCUT2D eigenvalue weighted by atomic mass is 10.1. The third kappa shape index (κ3) is 7.16. The highest BCUT2D eigenvalue weighted by molar-refractivity contribution is 7.92. The quantitative estimate of drug-likeness (QED) is 0.310. The van der Waals surface area contributed by atoms with Gasteiger partial charge in [0, 0.05) is 17.6 Å². The van der Waals surface area contributed by atoms with Gasteiger partial charge >= 0.3 is 0 Å². The summed E-state index contributed by atoms with van der Waals surface area (Å²) >= 11 is 12.7. The van der Waals surface area contributed by atoms with E-state index in [4.69, 9.17) is 23.2 Å². The van der Waals surface area contributed by atoms with E-state index in [1.807, 2.05) is 37.3 Å². The zero-order chi connectivity index (χ0) is 28.9. The van der Waals surface area contributed by atoms with Gasteiger partial charge < -0.3 is 10.2 Å². The number of carbonyl (C=O) groups excluding carboxylic acids is 2. The largest absolute Gasteiger partial charge is 0.352 e. The third-order valence-electron chi connectivity index (χ3n) is 7.13. The number of rotatable bonds is 10. The van der Waals surface area contributed by atoms with E-state index in [9.17, 15) is 18.0 Å². The van der Waals surface area contributed by atoms with Gasteiger partial charge in [0.1, 0.15) is 12.6 Å². The summed E-state index contributed by atoms with van der Waals surface area (Å²) in [5, 5.41) is 3.44. The highest BCUT2D eigenvalue weighted by Gasteiger charge is 2.34. The summed E-state index contributed by atoms with van der Waals surface area (Å²) in [6.07, 6.45) is 3.91. The van der Waals surface area contributed by atoms with Crippen LogP contribution in [0.2, 0.25) is 10.0 Å². The molecule has 0 spiro atoms. The number of aryl methyl sites for hydroxylation is 1. The summed E-state index contributed by atoms with van der Waals surface area (Å²) in [5.74, 6) is -0.824. The van der Waals surface area contributed by atoms with E-state index < -0.39 is 28.5 Å². The minimum absolute atomic E-state index is 0.00331. The Morgan fingerprint density at radius 2 is 1.62 bits per heavy atom. The van der Waals surface area contributed by atoms with Crippen molar-refractivity contribution in [3.63, 3.8) is 0 Å². The highest BCUT2D eigenvalue weighted by atomic mass is 35.5. The second-order valence-corrected chi connectivity index (χ2v) is 12.8. The van der Waals surface area contributed by atoms with Crippen LogP contribution in [0.15, 0.2) is 77.7 Å². The van der Waals surface area contributed by atoms with Gasteiger partial charge in [-0.15, -0.1) is 0 Å². The monoisotopic (exact) mass is 601 g/mol. The van der Waals surface area contributed by atoms with Crippen LogP contribution in [-0.4, -0.2) is 43.8 Å². The van der Waals surface area contributed by atoms with Gasteiger partial charge in [0.05, 0.1) is 15.6 Å². The first-order chi connectivity index (χ1) is 19.1. The maximum absolute atomic E-state index is 14.0. The Kier molecular flexibility index (Phi) is 9.77. The molecule has 1 fully saturated rings. The van der Waals surface area contributed by atoms with Gasteiger partial charge in [-0.1, -0.05) is 84.1 Å². The molecule has 0 saturated heterocycles. The maximum Gasteiger partial charge on any atom is 0.264 e. The van der Waals surface area contributed by atoms with Crippen molar-refractivity contribution in [2.75, 3.05) is 10.8 Å². The van der Waals surface area contributed by atoms with E-state index in [1.165, 1.54) is 29.2 Å². The second kappa shape index (κ2) is 13.1. The molecule has 0 radical (unpaired) electrons. The molecule has 7 nitrogen and oxygen atoms in total. The molecule has 3 aromatic rings. The first-order valence-corrected chi connectivity index (χ1v) is 15.4. The number of hydrogen-bond acceptors (Lipinski definition) is 4. The number of carbonyl (C=O) groups is 2. The zero-order valence-corrected chi connectivity index (χ0v) is 24.8. The van der Waals surface area contributed by atoms with Crippen LogP contribution in [0.25, 0.3) is 0 Å². The number of hydrogen-bond donors (Lipinski definition) is 1. The van der Waals surface area contributed by atoms with E-state index >= 15 is 0 Å². The van der Waals surface area contributed by atoms with Crippen molar-refractivity contribution in [3.8, 4) is 0 Å². The minimum Gasteiger partial charge on any atom is -0.352 e. The Morgan fingerprint density at radius 1 is 0.975 bits per heavy atom. The van der Waals surface area contributed by atoms with Crippen LogP contribution >= 0.6 is 23.2 Å². The molecule has 3 aromatic carbocycles. The van der Waals surface area contributed by atoms with Crippen molar-refractivity contribution in [3.05, 3.63) is 94.0 Å². The summed E-state index contributed by atoms with van der Waals surface area (Å²) in [4.78, 5) is 28.7.